The molecule has 0 saturated heterocycles. The minimum absolute atomic E-state index is 0.454. The molecule has 0 aliphatic carbocycles. The van der Waals surface area contributed by atoms with Crippen LogP contribution in [0.25, 0.3) is 0 Å². The topological polar surface area (TPSA) is 25.2 Å². The molecule has 98 valence electrons. The lowest BCUT2D eigenvalue weighted by molar-refractivity contribution is 0.385. The molecule has 1 aromatic rings. The Hall–Kier alpha value is -0.760. The summed E-state index contributed by atoms with van der Waals surface area (Å²) in [7, 11) is 0. The maximum absolute atomic E-state index is 5.43. The molecule has 0 aliphatic heterocycles. The Kier molecular flexibility index (Phi) is 6.35. The van der Waals surface area contributed by atoms with Crippen LogP contribution in [0.2, 0.25) is 0 Å². The molecule has 0 radical (unpaired) electrons. The maximum Gasteiger partial charge on any atom is 0.105 e. The van der Waals surface area contributed by atoms with Gasteiger partial charge in [0.2, 0.25) is 0 Å². The summed E-state index contributed by atoms with van der Waals surface area (Å²) in [5.74, 6) is 1.82. The smallest absolute Gasteiger partial charge is 0.105 e. The Morgan fingerprint density at radius 1 is 1.29 bits per heavy atom. The van der Waals surface area contributed by atoms with Crippen LogP contribution in [-0.4, -0.2) is 6.54 Å². The van der Waals surface area contributed by atoms with Crippen molar-refractivity contribution in [2.75, 3.05) is 6.54 Å². The molecule has 2 unspecified atom stereocenters. The van der Waals surface area contributed by atoms with Gasteiger partial charge in [-0.3, -0.25) is 0 Å². The molecular weight excluding hydrogens is 210 g/mol. The summed E-state index contributed by atoms with van der Waals surface area (Å²) in [6, 6.07) is 2.57. The number of hydrogen-bond donors (Lipinski definition) is 1. The van der Waals surface area contributed by atoms with Gasteiger partial charge in [0.15, 0.2) is 0 Å². The van der Waals surface area contributed by atoms with Gasteiger partial charge in [0.25, 0.3) is 0 Å². The van der Waals surface area contributed by atoms with E-state index in [9.17, 15) is 0 Å². The summed E-state index contributed by atoms with van der Waals surface area (Å²) in [5.41, 5.74) is 1.33. The molecule has 17 heavy (non-hydrogen) atoms. The molecule has 0 bridgehead atoms. The van der Waals surface area contributed by atoms with Crippen molar-refractivity contribution in [1.82, 2.24) is 5.32 Å². The van der Waals surface area contributed by atoms with Gasteiger partial charge in [-0.05, 0) is 38.3 Å². The third-order valence-electron chi connectivity index (χ3n) is 3.33. The van der Waals surface area contributed by atoms with Crippen LogP contribution in [0.4, 0.5) is 0 Å². The van der Waals surface area contributed by atoms with Crippen molar-refractivity contribution in [2.45, 2.75) is 59.4 Å². The lowest BCUT2D eigenvalue weighted by atomic mass is 9.93. The van der Waals surface area contributed by atoms with E-state index in [4.69, 9.17) is 4.42 Å². The molecule has 0 saturated carbocycles. The zero-order valence-corrected chi connectivity index (χ0v) is 11.8. The number of hydrogen-bond acceptors (Lipinski definition) is 2. The molecule has 1 heterocycles. The molecule has 0 aromatic carbocycles. The third-order valence-corrected chi connectivity index (χ3v) is 3.33. The number of nitrogens with one attached hydrogen (secondary N) is 1. The first-order valence-corrected chi connectivity index (χ1v) is 6.96. The van der Waals surface area contributed by atoms with Crippen molar-refractivity contribution in [2.24, 2.45) is 5.92 Å². The van der Waals surface area contributed by atoms with Gasteiger partial charge in [0.1, 0.15) is 5.76 Å². The minimum Gasteiger partial charge on any atom is -0.469 e. The van der Waals surface area contributed by atoms with Crippen LogP contribution in [0.15, 0.2) is 16.7 Å². The molecule has 2 nitrogen and oxygen atoms in total. The zero-order chi connectivity index (χ0) is 12.7. The van der Waals surface area contributed by atoms with Crippen molar-refractivity contribution >= 4 is 0 Å². The normalized spacial score (nSPS) is 14.8. The molecular formula is C15H27NO. The van der Waals surface area contributed by atoms with Gasteiger partial charge in [-0.1, -0.05) is 33.6 Å². The highest BCUT2D eigenvalue weighted by Gasteiger charge is 2.17. The average molecular weight is 237 g/mol. The Balaban J connectivity index is 2.63. The minimum atomic E-state index is 0.454. The van der Waals surface area contributed by atoms with Crippen LogP contribution < -0.4 is 5.32 Å². The largest absolute Gasteiger partial charge is 0.469 e. The van der Waals surface area contributed by atoms with E-state index in [1.165, 1.54) is 31.2 Å². The van der Waals surface area contributed by atoms with Crippen molar-refractivity contribution in [1.29, 1.82) is 0 Å². The van der Waals surface area contributed by atoms with E-state index >= 15 is 0 Å². The van der Waals surface area contributed by atoms with Crippen LogP contribution >= 0.6 is 0 Å². The van der Waals surface area contributed by atoms with Gasteiger partial charge in [-0.15, -0.1) is 0 Å². The average Bonchev–Trinajstić information content (AvgIpc) is 2.71. The summed E-state index contributed by atoms with van der Waals surface area (Å²) in [5, 5.41) is 3.64. The van der Waals surface area contributed by atoms with Gasteiger partial charge in [-0.2, -0.15) is 0 Å². The van der Waals surface area contributed by atoms with E-state index in [1.807, 2.05) is 0 Å². The standard InChI is InChI=1S/C15H27NO/c1-5-7-12(3)11-15(16-9-6-2)14-8-10-17-13(14)4/h8,10,12,15-16H,5-7,9,11H2,1-4H3. The Morgan fingerprint density at radius 2 is 2.06 bits per heavy atom. The number of aryl methyl sites for hydroxylation is 1. The molecule has 0 fully saturated rings. The van der Waals surface area contributed by atoms with Gasteiger partial charge >= 0.3 is 0 Å². The fraction of sp³-hybridized carbons (Fsp3) is 0.733. The van der Waals surface area contributed by atoms with Crippen LogP contribution in [0.1, 0.15) is 63.8 Å². The highest BCUT2D eigenvalue weighted by molar-refractivity contribution is 5.20. The second-order valence-electron chi connectivity index (χ2n) is 5.07. The van der Waals surface area contributed by atoms with E-state index in [1.54, 1.807) is 6.26 Å². The first-order valence-electron chi connectivity index (χ1n) is 6.96. The Labute approximate surface area is 106 Å². The fourth-order valence-corrected chi connectivity index (χ4v) is 2.41. The van der Waals surface area contributed by atoms with E-state index < -0.39 is 0 Å². The summed E-state index contributed by atoms with van der Waals surface area (Å²) < 4.78 is 5.43. The van der Waals surface area contributed by atoms with Crippen LogP contribution in [0.3, 0.4) is 0 Å². The maximum atomic E-state index is 5.43. The quantitative estimate of drug-likeness (QED) is 0.722. The summed E-state index contributed by atoms with van der Waals surface area (Å²) >= 11 is 0. The predicted octanol–water partition coefficient (Wildman–Crippen LogP) is 4.46. The van der Waals surface area contributed by atoms with E-state index in [0.717, 1.165) is 18.2 Å². The van der Waals surface area contributed by atoms with Gasteiger partial charge in [0.05, 0.1) is 6.26 Å². The van der Waals surface area contributed by atoms with Gasteiger partial charge < -0.3 is 9.73 Å². The second-order valence-corrected chi connectivity index (χ2v) is 5.07. The molecule has 1 rings (SSSR count). The number of furan rings is 1. The Morgan fingerprint density at radius 3 is 2.59 bits per heavy atom. The summed E-state index contributed by atoms with van der Waals surface area (Å²) in [6.45, 7) is 9.95. The molecule has 1 aromatic heterocycles. The molecule has 2 heteroatoms. The summed E-state index contributed by atoms with van der Waals surface area (Å²) in [4.78, 5) is 0. The van der Waals surface area contributed by atoms with Crippen molar-refractivity contribution in [3.8, 4) is 0 Å². The van der Waals surface area contributed by atoms with Crippen LogP contribution in [-0.2, 0) is 0 Å². The first-order chi connectivity index (χ1) is 8.19. The second kappa shape index (κ2) is 7.54. The van der Waals surface area contributed by atoms with Crippen molar-refractivity contribution in [3.63, 3.8) is 0 Å². The first kappa shape index (κ1) is 14.3. The zero-order valence-electron chi connectivity index (χ0n) is 11.8. The van der Waals surface area contributed by atoms with Gasteiger partial charge in [-0.25, -0.2) is 0 Å². The molecule has 0 amide bonds. The van der Waals surface area contributed by atoms with Crippen LogP contribution in [0.5, 0.6) is 0 Å². The summed E-state index contributed by atoms with van der Waals surface area (Å²) in [6.07, 6.45) is 6.76. The van der Waals surface area contributed by atoms with Crippen LogP contribution in [0, 0.1) is 12.8 Å². The van der Waals surface area contributed by atoms with Gasteiger partial charge in [0, 0.05) is 11.6 Å². The highest BCUT2D eigenvalue weighted by atomic mass is 16.3. The predicted molar refractivity (Wildman–Crippen MR) is 73.2 cm³/mol. The lowest BCUT2D eigenvalue weighted by Gasteiger charge is -2.21. The van der Waals surface area contributed by atoms with E-state index in [0.29, 0.717) is 6.04 Å². The van der Waals surface area contributed by atoms with E-state index in [-0.39, 0.29) is 0 Å². The van der Waals surface area contributed by atoms with Crippen molar-refractivity contribution in [3.05, 3.63) is 23.7 Å². The SMILES string of the molecule is CCCNC(CC(C)CCC)c1ccoc1C. The molecule has 0 aliphatic rings. The molecule has 1 N–H and O–H groups in total. The molecule has 2 atom stereocenters. The molecule has 0 spiro atoms. The monoisotopic (exact) mass is 237 g/mol. The fourth-order valence-electron chi connectivity index (χ4n) is 2.41. The lowest BCUT2D eigenvalue weighted by Crippen LogP contribution is -2.24. The third kappa shape index (κ3) is 4.55. The number of rotatable bonds is 8. The highest BCUT2D eigenvalue weighted by Crippen LogP contribution is 2.26. The Bertz CT molecular complexity index is 306. The van der Waals surface area contributed by atoms with Crippen molar-refractivity contribution < 1.29 is 4.42 Å². The van der Waals surface area contributed by atoms with E-state index in [2.05, 4.69) is 39.1 Å².